The van der Waals surface area contributed by atoms with E-state index in [9.17, 15) is 14.4 Å². The van der Waals surface area contributed by atoms with Gasteiger partial charge in [-0.2, -0.15) is 5.01 Å². The molecule has 0 unspecified atom stereocenters. The molecule has 0 aromatic heterocycles. The lowest BCUT2D eigenvalue weighted by molar-refractivity contribution is -0.140. The van der Waals surface area contributed by atoms with Crippen molar-refractivity contribution in [3.05, 3.63) is 28.2 Å². The topological polar surface area (TPSA) is 87.7 Å². The Hall–Kier alpha value is -1.99. The first kappa shape index (κ1) is 17.8. The van der Waals surface area contributed by atoms with Crippen molar-refractivity contribution in [1.82, 2.24) is 15.8 Å². The molecule has 2 N–H and O–H groups in total. The summed E-state index contributed by atoms with van der Waals surface area (Å²) < 4.78 is 5.30. The van der Waals surface area contributed by atoms with Gasteiger partial charge in [0.15, 0.2) is 6.61 Å². The minimum absolute atomic E-state index is 0.314. The summed E-state index contributed by atoms with van der Waals surface area (Å²) in [4.78, 5) is 36.6. The molecule has 7 nitrogen and oxygen atoms in total. The minimum atomic E-state index is -0.885. The predicted octanol–water partition coefficient (Wildman–Crippen LogP) is 2.66. The van der Waals surface area contributed by atoms with Crippen LogP contribution in [0.2, 0.25) is 10.0 Å². The molecule has 3 rings (SSSR count). The normalized spacial score (nSPS) is 19.0. The second kappa shape index (κ2) is 7.09. The number of hydrogen-bond donors (Lipinski definition) is 2. The van der Waals surface area contributed by atoms with E-state index in [2.05, 4.69) is 10.7 Å². The van der Waals surface area contributed by atoms with Crippen LogP contribution in [0.25, 0.3) is 0 Å². The summed E-state index contributed by atoms with van der Waals surface area (Å²) in [5.74, 6) is -0.739. The number of nitrogens with zero attached hydrogens (tertiary/aromatic N) is 1. The summed E-state index contributed by atoms with van der Waals surface area (Å²) in [6, 6.07) is 3.93. The lowest BCUT2D eigenvalue weighted by atomic mass is 9.82. The van der Waals surface area contributed by atoms with Gasteiger partial charge in [0.05, 0.1) is 0 Å². The molecule has 25 heavy (non-hydrogen) atoms. The number of halogens is 2. The van der Waals surface area contributed by atoms with Crippen molar-refractivity contribution in [2.75, 3.05) is 6.61 Å². The highest BCUT2D eigenvalue weighted by molar-refractivity contribution is 6.34. The lowest BCUT2D eigenvalue weighted by Crippen LogP contribution is -2.51. The molecule has 1 aromatic carbocycles. The van der Waals surface area contributed by atoms with Crippen LogP contribution >= 0.6 is 23.2 Å². The number of rotatable bonds is 4. The fourth-order valence-corrected chi connectivity index (χ4v) is 3.64. The van der Waals surface area contributed by atoms with E-state index in [0.717, 1.165) is 24.3 Å². The molecule has 1 saturated heterocycles. The van der Waals surface area contributed by atoms with Crippen molar-refractivity contribution in [3.63, 3.8) is 0 Å². The molecule has 1 heterocycles. The Balaban J connectivity index is 1.59. The molecule has 0 bridgehead atoms. The van der Waals surface area contributed by atoms with E-state index in [1.165, 1.54) is 18.2 Å². The van der Waals surface area contributed by atoms with Crippen molar-refractivity contribution < 1.29 is 19.1 Å². The van der Waals surface area contributed by atoms with Gasteiger partial charge in [-0.1, -0.05) is 42.5 Å². The number of urea groups is 1. The average Bonchev–Trinajstić information content (AvgIpc) is 2.77. The molecule has 0 atom stereocenters. The monoisotopic (exact) mass is 385 g/mol. The van der Waals surface area contributed by atoms with Gasteiger partial charge in [-0.3, -0.25) is 15.0 Å². The number of nitrogens with one attached hydrogen (secondary N) is 2. The van der Waals surface area contributed by atoms with Crippen LogP contribution in [-0.2, 0) is 9.59 Å². The first-order valence-corrected chi connectivity index (χ1v) is 8.70. The smallest absolute Gasteiger partial charge is 0.344 e. The van der Waals surface area contributed by atoms with E-state index in [-0.39, 0.29) is 6.61 Å². The zero-order chi connectivity index (χ0) is 18.0. The third kappa shape index (κ3) is 3.82. The van der Waals surface area contributed by atoms with Gasteiger partial charge < -0.3 is 10.1 Å². The summed E-state index contributed by atoms with van der Waals surface area (Å²) in [6.45, 7) is -0.388. The van der Waals surface area contributed by atoms with Gasteiger partial charge >= 0.3 is 6.03 Å². The molecule has 2 aliphatic rings. The zero-order valence-electron chi connectivity index (χ0n) is 13.3. The average molecular weight is 386 g/mol. The Morgan fingerprint density at radius 1 is 1.16 bits per heavy atom. The van der Waals surface area contributed by atoms with Gasteiger partial charge in [-0.25, -0.2) is 4.79 Å². The van der Waals surface area contributed by atoms with Crippen LogP contribution in [0.4, 0.5) is 4.79 Å². The highest BCUT2D eigenvalue weighted by Crippen LogP contribution is 2.33. The van der Waals surface area contributed by atoms with E-state index in [0.29, 0.717) is 28.6 Å². The van der Waals surface area contributed by atoms with Crippen LogP contribution in [0.15, 0.2) is 18.2 Å². The third-order valence-electron chi connectivity index (χ3n) is 4.31. The number of imide groups is 1. The summed E-state index contributed by atoms with van der Waals surface area (Å²) >= 11 is 11.7. The Labute approximate surface area is 154 Å². The van der Waals surface area contributed by atoms with E-state index >= 15 is 0 Å². The molecule has 1 spiro atoms. The van der Waals surface area contributed by atoms with E-state index < -0.39 is 23.4 Å². The molecule has 9 heteroatoms. The van der Waals surface area contributed by atoms with Gasteiger partial charge in [-0.15, -0.1) is 0 Å². The van der Waals surface area contributed by atoms with Crippen LogP contribution < -0.4 is 15.5 Å². The van der Waals surface area contributed by atoms with E-state index in [4.69, 9.17) is 27.9 Å². The first-order valence-electron chi connectivity index (χ1n) is 7.95. The number of hydrazine groups is 1. The second-order valence-corrected chi connectivity index (χ2v) is 7.02. The van der Waals surface area contributed by atoms with Gasteiger partial charge in [-0.05, 0) is 31.0 Å². The van der Waals surface area contributed by atoms with Crippen LogP contribution in [-0.4, -0.2) is 35.0 Å². The van der Waals surface area contributed by atoms with Crippen LogP contribution in [0, 0.1) is 0 Å². The number of carbonyl (C=O) groups is 3. The van der Waals surface area contributed by atoms with Gasteiger partial charge in [0.2, 0.25) is 0 Å². The lowest BCUT2D eigenvalue weighted by Gasteiger charge is -2.30. The summed E-state index contributed by atoms with van der Waals surface area (Å²) in [5, 5.41) is 4.19. The second-order valence-electron chi connectivity index (χ2n) is 6.14. The van der Waals surface area contributed by atoms with Crippen molar-refractivity contribution in [2.45, 2.75) is 37.6 Å². The van der Waals surface area contributed by atoms with Gasteiger partial charge in [0.1, 0.15) is 11.3 Å². The summed E-state index contributed by atoms with van der Waals surface area (Å²) in [5.41, 5.74) is 1.41. The fraction of sp³-hybridized carbons (Fsp3) is 0.438. The highest BCUT2D eigenvalue weighted by atomic mass is 35.5. The van der Waals surface area contributed by atoms with Gasteiger partial charge in [0, 0.05) is 10.0 Å². The maximum atomic E-state index is 12.5. The Kier molecular flexibility index (Phi) is 5.06. The maximum absolute atomic E-state index is 12.5. The Morgan fingerprint density at radius 2 is 1.80 bits per heavy atom. The molecule has 1 saturated carbocycles. The SMILES string of the molecule is O=C(COc1cc(Cl)cc(Cl)c1)NN1C(=O)NC2(CCCCC2)C1=O. The highest BCUT2D eigenvalue weighted by Gasteiger charge is 2.52. The van der Waals surface area contributed by atoms with Crippen LogP contribution in [0.5, 0.6) is 5.75 Å². The van der Waals surface area contributed by atoms with Crippen LogP contribution in [0.3, 0.4) is 0 Å². The predicted molar refractivity (Wildman–Crippen MR) is 91.3 cm³/mol. The third-order valence-corrected chi connectivity index (χ3v) is 4.75. The summed E-state index contributed by atoms with van der Waals surface area (Å²) in [6.07, 6.45) is 3.94. The molecule has 0 radical (unpaired) electrons. The first-order chi connectivity index (χ1) is 11.9. The molecule has 4 amide bonds. The van der Waals surface area contributed by atoms with Crippen LogP contribution in [0.1, 0.15) is 32.1 Å². The number of amides is 4. The van der Waals surface area contributed by atoms with Gasteiger partial charge in [0.25, 0.3) is 11.8 Å². The Bertz CT molecular complexity index is 699. The quantitative estimate of drug-likeness (QED) is 0.779. The van der Waals surface area contributed by atoms with Crippen molar-refractivity contribution in [2.24, 2.45) is 0 Å². The van der Waals surface area contributed by atoms with Crippen molar-refractivity contribution >= 4 is 41.0 Å². The largest absolute Gasteiger partial charge is 0.484 e. The zero-order valence-corrected chi connectivity index (χ0v) is 14.8. The number of benzene rings is 1. The molecule has 134 valence electrons. The van der Waals surface area contributed by atoms with Crippen molar-refractivity contribution in [3.8, 4) is 5.75 Å². The molecule has 2 fully saturated rings. The maximum Gasteiger partial charge on any atom is 0.344 e. The molecule has 1 aliphatic heterocycles. The minimum Gasteiger partial charge on any atom is -0.484 e. The Morgan fingerprint density at radius 3 is 2.44 bits per heavy atom. The number of ether oxygens (including phenoxy) is 1. The number of carbonyl (C=O) groups excluding carboxylic acids is 3. The molecule has 1 aromatic rings. The molecular formula is C16H17Cl2N3O4. The van der Waals surface area contributed by atoms with E-state index in [1.807, 2.05) is 0 Å². The molecular weight excluding hydrogens is 369 g/mol. The van der Waals surface area contributed by atoms with Crippen molar-refractivity contribution in [1.29, 1.82) is 0 Å². The standard InChI is InChI=1S/C16H17Cl2N3O4/c17-10-6-11(18)8-12(7-10)25-9-13(22)20-21-14(23)16(19-15(21)24)4-2-1-3-5-16/h6-8H,1-5,9H2,(H,19,24)(H,20,22). The number of hydrogen-bond acceptors (Lipinski definition) is 4. The summed E-state index contributed by atoms with van der Waals surface area (Å²) in [7, 11) is 0. The molecule has 1 aliphatic carbocycles. The van der Waals surface area contributed by atoms with E-state index in [1.54, 1.807) is 0 Å². The fourth-order valence-electron chi connectivity index (χ4n) is 3.13.